The van der Waals surface area contributed by atoms with Gasteiger partial charge in [-0.2, -0.15) is 0 Å². The molecule has 8 fully saturated rings. The molecule has 33 N–H and O–H groups in total. The minimum Gasteiger partial charge on any atom is -0.394 e. The van der Waals surface area contributed by atoms with Crippen LogP contribution < -0.4 is 0 Å². The van der Waals surface area contributed by atoms with Crippen molar-refractivity contribution in [1.82, 2.24) is 0 Å². The summed E-state index contributed by atoms with van der Waals surface area (Å²) in [6.45, 7) is -25.9. The molecule has 8 saturated heterocycles. The van der Waals surface area contributed by atoms with Gasteiger partial charge in [-0.15, -0.1) is 0 Å². The fourth-order valence-corrected chi connectivity index (χ4v) is 11.7. The first-order chi connectivity index (χ1) is 44.3. The zero-order chi connectivity index (χ0) is 72.2. The van der Waals surface area contributed by atoms with Gasteiger partial charge in [-0.05, 0) is 0 Å². The number of ether oxygens (including phenoxy) is 15. The normalized spacial score (nSPS) is 55.2. The van der Waals surface area contributed by atoms with Crippen molar-refractivity contribution in [1.29, 1.82) is 0 Å². The first-order valence-electron chi connectivity index (χ1n) is 28.6. The fraction of sp³-hybridized carbons (Fsp3) is 1.00. The quantitative estimate of drug-likeness (QED) is 0.0331. The minimum atomic E-state index is -3.69. The lowest BCUT2D eigenvalue weighted by Gasteiger charge is -2.43. The standard InChI is InChI=1S/C48H82O48/c49-1-16-17(57)18(58)19(59)34(89-16)82-10-43(28(68)22(62)36(75,3-51)91-43)84-12-45(30(70)24(64)38(77,5-53)93-45)86-14-47(32(72)26(66)40(79,7-55)95-47)88-15-48(33(73)27(67)41(80,8-56)96-48)87-13-46(31(71)25(65)39(78,6-54)94-46)85-11-44(29(69)23(63)37(76,4-52)92-44)83-9-42(81)21(61)20(60)35(74,2-50)90-42/h16-34,49-81H,1-15H2/t16-,17-,18+,19-,20+,21+,22+,23+,24+,25+,26+,27+,28+,29+,30+,31+,32+,33+,34+,35-,36-,37-,38-,39-,40-,41-,42-,43-,44-,45-,46-,47-,48-/m1/s1. The molecule has 48 heteroatoms. The molecule has 0 saturated carbocycles. The number of hydrogen-bond donors (Lipinski definition) is 33. The highest BCUT2D eigenvalue weighted by Crippen LogP contribution is 2.50. The van der Waals surface area contributed by atoms with E-state index in [4.69, 9.17) is 71.1 Å². The minimum absolute atomic E-state index is 1.05. The molecular weight excluding hydrogens is 1340 g/mol. The summed E-state index contributed by atoms with van der Waals surface area (Å²) in [5.74, 6) is -48.7. The van der Waals surface area contributed by atoms with E-state index >= 15 is 0 Å². The van der Waals surface area contributed by atoms with Crippen LogP contribution in [0.5, 0.6) is 0 Å². The van der Waals surface area contributed by atoms with Gasteiger partial charge in [-0.1, -0.05) is 0 Å². The van der Waals surface area contributed by atoms with Crippen LogP contribution in [0.25, 0.3) is 0 Å². The van der Waals surface area contributed by atoms with E-state index in [-0.39, 0.29) is 0 Å². The monoisotopic (exact) mass is 1430 g/mol. The molecule has 562 valence electrons. The Hall–Kier alpha value is -1.92. The van der Waals surface area contributed by atoms with Crippen molar-refractivity contribution in [3.05, 3.63) is 0 Å². The Bertz CT molecular complexity index is 2630. The molecule has 96 heavy (non-hydrogen) atoms. The third-order valence-corrected chi connectivity index (χ3v) is 17.9. The predicted molar refractivity (Wildman–Crippen MR) is 273 cm³/mol. The highest BCUT2D eigenvalue weighted by molar-refractivity contribution is 5.11. The number of rotatable bonds is 29. The van der Waals surface area contributed by atoms with Gasteiger partial charge in [0.25, 0.3) is 0 Å². The topological polar surface area (TPSA) is 806 Å². The molecule has 8 rings (SSSR count). The van der Waals surface area contributed by atoms with Gasteiger partial charge in [-0.3, -0.25) is 0 Å². The van der Waals surface area contributed by atoms with Gasteiger partial charge in [0.1, 0.15) is 156 Å². The van der Waals surface area contributed by atoms with Gasteiger partial charge in [0.2, 0.25) is 81.0 Å². The van der Waals surface area contributed by atoms with Gasteiger partial charge in [0, 0.05) is 0 Å². The lowest BCUT2D eigenvalue weighted by Crippen LogP contribution is -2.62. The highest BCUT2D eigenvalue weighted by Gasteiger charge is 2.74. The van der Waals surface area contributed by atoms with Gasteiger partial charge in [0.05, 0.1) is 52.9 Å². The molecule has 0 aromatic carbocycles. The summed E-state index contributed by atoms with van der Waals surface area (Å²) in [6, 6.07) is 0. The van der Waals surface area contributed by atoms with Gasteiger partial charge in [-0.25, -0.2) is 0 Å². The third kappa shape index (κ3) is 12.9. The zero-order valence-electron chi connectivity index (χ0n) is 49.5. The number of hydrogen-bond acceptors (Lipinski definition) is 48. The van der Waals surface area contributed by atoms with Crippen molar-refractivity contribution in [2.24, 2.45) is 0 Å². The molecule has 0 aliphatic carbocycles. The smallest absolute Gasteiger partial charge is 0.224 e. The van der Waals surface area contributed by atoms with E-state index in [1.165, 1.54) is 0 Å². The molecule has 8 aliphatic rings. The first kappa shape index (κ1) is 79.8. The Morgan fingerprint density at radius 1 is 0.229 bits per heavy atom. The molecule has 0 spiro atoms. The van der Waals surface area contributed by atoms with E-state index in [0.29, 0.717) is 0 Å². The Labute approximate surface area is 535 Å². The van der Waals surface area contributed by atoms with Gasteiger partial charge in [0.15, 0.2) is 6.29 Å². The number of aliphatic hydroxyl groups is 33. The molecule has 0 unspecified atom stereocenters. The summed E-state index contributed by atoms with van der Waals surface area (Å²) >= 11 is 0. The SMILES string of the molecule is OC[C@H]1O[C@H](OC[C@@]2(OC[C@@]3(OC[C@@]4(OC[C@@]5(OC[C@@]6(OC[C@@]7(OC[C@@]8(O)O[C@](O)(CO)[C@@H](O)[C@@H]8O)O[C@](O)(CO)[C@@H](O)[C@@H]7O)O[C@](O)(CO)[C@@H](O)[C@@H]6O)O[C@](O)(CO)[C@@H](O)[C@@H]5O)O[C@](O)(CO)[C@@H](O)[C@@H]4O)O[C@](O)(CO)[C@@H](O)[C@@H]3O)O[C@](O)(CO)[C@@H](O)[C@@H]2O)[C@H](O)[C@@H](O)[C@@H]1O. The molecule has 33 atom stereocenters. The maximum Gasteiger partial charge on any atom is 0.224 e. The Morgan fingerprint density at radius 2 is 0.438 bits per heavy atom. The van der Waals surface area contributed by atoms with Crippen LogP contribution in [-0.4, -0.2) is 465 Å². The Kier molecular flexibility index (Phi) is 22.9. The van der Waals surface area contributed by atoms with E-state index in [1.807, 2.05) is 0 Å². The van der Waals surface area contributed by atoms with Crippen LogP contribution in [0, 0.1) is 0 Å². The lowest BCUT2D eigenvalue weighted by molar-refractivity contribution is -0.426. The predicted octanol–water partition coefficient (Wildman–Crippen LogP) is -23.2. The number of aliphatic hydroxyl groups excluding tert-OH is 25. The van der Waals surface area contributed by atoms with Gasteiger partial charge < -0.3 is 240 Å². The maximum absolute atomic E-state index is 11.8. The summed E-state index contributed by atoms with van der Waals surface area (Å²) in [5.41, 5.74) is 0. The van der Waals surface area contributed by atoms with E-state index < -0.39 is 296 Å². The lowest BCUT2D eigenvalue weighted by atomic mass is 9.99. The Balaban J connectivity index is 1.16. The molecule has 48 nitrogen and oxygen atoms in total. The fourth-order valence-electron chi connectivity index (χ4n) is 11.7. The Morgan fingerprint density at radius 3 is 0.656 bits per heavy atom. The van der Waals surface area contributed by atoms with Crippen LogP contribution in [0.2, 0.25) is 0 Å². The van der Waals surface area contributed by atoms with Crippen LogP contribution >= 0.6 is 0 Å². The largest absolute Gasteiger partial charge is 0.394 e. The van der Waals surface area contributed by atoms with Crippen molar-refractivity contribution in [3.63, 3.8) is 0 Å². The second-order valence-corrected chi connectivity index (χ2v) is 24.4. The first-order valence-corrected chi connectivity index (χ1v) is 28.6. The second kappa shape index (κ2) is 27.6. The molecule has 0 amide bonds. The van der Waals surface area contributed by atoms with Crippen LogP contribution in [0.1, 0.15) is 0 Å². The average molecular weight is 1430 g/mol. The summed E-state index contributed by atoms with van der Waals surface area (Å²) in [4.78, 5) is 0. The summed E-state index contributed by atoms with van der Waals surface area (Å²) in [6.07, 6.45) is -50.2. The summed E-state index contributed by atoms with van der Waals surface area (Å²) < 4.78 is 81.9. The van der Waals surface area contributed by atoms with Crippen molar-refractivity contribution in [3.8, 4) is 0 Å². The van der Waals surface area contributed by atoms with Crippen LogP contribution in [-0.2, 0) is 71.1 Å². The van der Waals surface area contributed by atoms with Crippen molar-refractivity contribution < 1.29 is 240 Å². The molecule has 0 bridgehead atoms. The van der Waals surface area contributed by atoms with Crippen molar-refractivity contribution >= 4 is 0 Å². The molecule has 8 heterocycles. The van der Waals surface area contributed by atoms with Crippen molar-refractivity contribution in [2.45, 2.75) is 197 Å². The molecule has 0 radical (unpaired) electrons. The van der Waals surface area contributed by atoms with E-state index in [9.17, 15) is 169 Å². The van der Waals surface area contributed by atoms with Crippen LogP contribution in [0.4, 0.5) is 0 Å². The van der Waals surface area contributed by atoms with E-state index in [0.717, 1.165) is 0 Å². The molecular formula is C48H82O48. The average Bonchev–Trinajstić information content (AvgIpc) is 1.57. The summed E-state index contributed by atoms with van der Waals surface area (Å²) in [5, 5.41) is 359. The van der Waals surface area contributed by atoms with E-state index in [2.05, 4.69) is 0 Å². The molecule has 0 aromatic rings. The van der Waals surface area contributed by atoms with Crippen LogP contribution in [0.15, 0.2) is 0 Å². The highest BCUT2D eigenvalue weighted by atomic mass is 16.9. The zero-order valence-corrected chi connectivity index (χ0v) is 49.5. The maximum atomic E-state index is 11.8. The molecule has 8 aliphatic heterocycles. The third-order valence-electron chi connectivity index (χ3n) is 17.9. The van der Waals surface area contributed by atoms with E-state index in [1.54, 1.807) is 0 Å². The van der Waals surface area contributed by atoms with Crippen molar-refractivity contribution in [2.75, 3.05) is 99.1 Å². The van der Waals surface area contributed by atoms with Crippen LogP contribution in [0.3, 0.4) is 0 Å². The second-order valence-electron chi connectivity index (χ2n) is 24.4. The molecule has 0 aromatic heterocycles. The summed E-state index contributed by atoms with van der Waals surface area (Å²) in [7, 11) is 0. The van der Waals surface area contributed by atoms with Gasteiger partial charge >= 0.3 is 0 Å².